The Bertz CT molecular complexity index is 1150. The van der Waals surface area contributed by atoms with Crippen LogP contribution in [-0.4, -0.2) is 25.0 Å². The smallest absolute Gasteiger partial charge is 0.352 e. The molecule has 0 atom stereocenters. The minimum absolute atomic E-state index is 0.0832. The van der Waals surface area contributed by atoms with Gasteiger partial charge in [0, 0.05) is 35.1 Å². The number of nitrogens with one attached hydrogen (secondary N) is 2. The summed E-state index contributed by atoms with van der Waals surface area (Å²) in [4.78, 5) is 26.5. The second kappa shape index (κ2) is 11.1. The highest BCUT2D eigenvalue weighted by atomic mass is 35.5. The largest absolute Gasteiger partial charge is 0.416 e. The number of anilines is 2. The molecule has 3 aromatic carbocycles. The van der Waals surface area contributed by atoms with Gasteiger partial charge < -0.3 is 10.6 Å². The van der Waals surface area contributed by atoms with E-state index in [0.717, 1.165) is 17.7 Å². The van der Waals surface area contributed by atoms with E-state index in [1.54, 1.807) is 42.5 Å². The molecule has 0 aliphatic heterocycles. The number of carbonyl (C=O) groups is 2. The van der Waals surface area contributed by atoms with Gasteiger partial charge in [0.25, 0.3) is 5.91 Å². The molecule has 0 spiro atoms. The Labute approximate surface area is 200 Å². The zero-order chi connectivity index (χ0) is 24.7. The molecule has 0 aliphatic rings. The first-order chi connectivity index (χ1) is 16.1. The number of aryl methyl sites for hydroxylation is 1. The maximum Gasteiger partial charge on any atom is 0.416 e. The van der Waals surface area contributed by atoms with Gasteiger partial charge in [-0.2, -0.15) is 13.2 Å². The van der Waals surface area contributed by atoms with Crippen molar-refractivity contribution in [1.82, 2.24) is 5.32 Å². The van der Waals surface area contributed by atoms with Crippen LogP contribution in [0.15, 0.2) is 72.8 Å². The summed E-state index contributed by atoms with van der Waals surface area (Å²) in [5.41, 5.74) is 1.13. The number of nitrogens with zero attached hydrogens (tertiary/aromatic N) is 1. The molecule has 2 N–H and O–H groups in total. The maximum atomic E-state index is 13.2. The van der Waals surface area contributed by atoms with Crippen LogP contribution in [0.1, 0.15) is 27.9 Å². The van der Waals surface area contributed by atoms with Crippen molar-refractivity contribution in [2.24, 2.45) is 0 Å². The number of alkyl halides is 3. The van der Waals surface area contributed by atoms with Crippen LogP contribution in [-0.2, 0) is 6.18 Å². The molecule has 0 heterocycles. The Kier molecular flexibility index (Phi) is 8.17. The van der Waals surface area contributed by atoms with Gasteiger partial charge in [0.05, 0.1) is 5.56 Å². The molecule has 3 rings (SSSR count). The monoisotopic (exact) mass is 489 g/mol. The normalized spacial score (nSPS) is 11.1. The van der Waals surface area contributed by atoms with Crippen molar-refractivity contribution < 1.29 is 22.8 Å². The minimum atomic E-state index is -4.54. The van der Waals surface area contributed by atoms with E-state index in [1.807, 2.05) is 13.0 Å². The lowest BCUT2D eigenvalue weighted by molar-refractivity contribution is -0.137. The van der Waals surface area contributed by atoms with E-state index >= 15 is 0 Å². The summed E-state index contributed by atoms with van der Waals surface area (Å²) in [6.45, 7) is 2.16. The predicted molar refractivity (Wildman–Crippen MR) is 127 cm³/mol. The lowest BCUT2D eigenvalue weighted by atomic mass is 10.1. The first kappa shape index (κ1) is 25.1. The first-order valence-corrected chi connectivity index (χ1v) is 10.9. The summed E-state index contributed by atoms with van der Waals surface area (Å²) in [5, 5.41) is 5.97. The Morgan fingerprint density at radius 3 is 2.35 bits per heavy atom. The molecule has 0 aromatic heterocycles. The van der Waals surface area contributed by atoms with Gasteiger partial charge in [-0.3, -0.25) is 9.69 Å². The van der Waals surface area contributed by atoms with Crippen molar-refractivity contribution in [3.05, 3.63) is 94.5 Å². The van der Waals surface area contributed by atoms with Crippen LogP contribution in [0.25, 0.3) is 0 Å². The highest BCUT2D eigenvalue weighted by molar-refractivity contribution is 6.30. The number of amides is 3. The van der Waals surface area contributed by atoms with Crippen molar-refractivity contribution in [2.45, 2.75) is 19.5 Å². The second-order valence-electron chi connectivity index (χ2n) is 7.62. The van der Waals surface area contributed by atoms with Crippen LogP contribution in [0.4, 0.5) is 29.3 Å². The number of benzene rings is 3. The Morgan fingerprint density at radius 1 is 0.971 bits per heavy atom. The third-order valence-electron chi connectivity index (χ3n) is 4.95. The number of hydrogen-bond donors (Lipinski definition) is 2. The van der Waals surface area contributed by atoms with Crippen LogP contribution in [0.3, 0.4) is 0 Å². The van der Waals surface area contributed by atoms with E-state index in [1.165, 1.54) is 17.0 Å². The molecule has 9 heteroatoms. The fraction of sp³-hybridized carbons (Fsp3) is 0.200. The summed E-state index contributed by atoms with van der Waals surface area (Å²) in [5.74, 6) is -0.313. The van der Waals surface area contributed by atoms with Crippen molar-refractivity contribution in [3.8, 4) is 0 Å². The molecule has 3 aromatic rings. The minimum Gasteiger partial charge on any atom is -0.352 e. The molecule has 0 saturated heterocycles. The summed E-state index contributed by atoms with van der Waals surface area (Å²) < 4.78 is 39.7. The molecule has 0 aliphatic carbocycles. The van der Waals surface area contributed by atoms with E-state index in [0.29, 0.717) is 22.7 Å². The van der Waals surface area contributed by atoms with Crippen LogP contribution < -0.4 is 15.5 Å². The average Bonchev–Trinajstić information content (AvgIpc) is 2.79. The first-order valence-electron chi connectivity index (χ1n) is 10.5. The van der Waals surface area contributed by atoms with E-state index in [4.69, 9.17) is 11.6 Å². The van der Waals surface area contributed by atoms with Crippen LogP contribution in [0.2, 0.25) is 5.02 Å². The lowest BCUT2D eigenvalue weighted by Gasteiger charge is -2.24. The SMILES string of the molecule is Cc1cccc(NC(=O)N(CCCNC(=O)c2ccc(Cl)cc2)c2cccc(C(F)(F)F)c2)c1. The number of rotatable bonds is 7. The van der Waals surface area contributed by atoms with Crippen LogP contribution in [0.5, 0.6) is 0 Å². The second-order valence-corrected chi connectivity index (χ2v) is 8.05. The molecule has 0 radical (unpaired) electrons. The number of hydrogen-bond acceptors (Lipinski definition) is 2. The van der Waals surface area contributed by atoms with Gasteiger partial charge >= 0.3 is 12.2 Å². The number of halogens is 4. The van der Waals surface area contributed by atoms with Crippen molar-refractivity contribution in [3.63, 3.8) is 0 Å². The molecule has 0 fully saturated rings. The molecule has 5 nitrogen and oxygen atoms in total. The zero-order valence-corrected chi connectivity index (χ0v) is 19.1. The van der Waals surface area contributed by atoms with Gasteiger partial charge in [-0.1, -0.05) is 29.8 Å². The molecule has 0 bridgehead atoms. The van der Waals surface area contributed by atoms with Crippen LogP contribution in [0, 0.1) is 6.92 Å². The van der Waals surface area contributed by atoms with Gasteiger partial charge in [0.15, 0.2) is 0 Å². The maximum absolute atomic E-state index is 13.2. The summed E-state index contributed by atoms with van der Waals surface area (Å²) in [7, 11) is 0. The Morgan fingerprint density at radius 2 is 1.68 bits per heavy atom. The number of carbonyl (C=O) groups excluding carboxylic acids is 2. The van der Waals surface area contributed by atoms with E-state index < -0.39 is 17.8 Å². The van der Waals surface area contributed by atoms with Gasteiger partial charge in [-0.05, 0) is 73.5 Å². The van der Waals surface area contributed by atoms with Crippen molar-refractivity contribution in [1.29, 1.82) is 0 Å². The molecule has 0 unspecified atom stereocenters. The average molecular weight is 490 g/mol. The molecule has 34 heavy (non-hydrogen) atoms. The summed E-state index contributed by atoms with van der Waals surface area (Å²) in [6, 6.07) is 17.5. The molecule has 0 saturated carbocycles. The summed E-state index contributed by atoms with van der Waals surface area (Å²) >= 11 is 5.83. The molecule has 178 valence electrons. The molecular formula is C25H23ClF3N3O2. The third kappa shape index (κ3) is 6.99. The molecule has 3 amide bonds. The lowest BCUT2D eigenvalue weighted by Crippen LogP contribution is -2.37. The Balaban J connectivity index is 1.71. The van der Waals surface area contributed by atoms with Crippen molar-refractivity contribution >= 4 is 34.9 Å². The fourth-order valence-corrected chi connectivity index (χ4v) is 3.38. The van der Waals surface area contributed by atoms with Gasteiger partial charge in [-0.15, -0.1) is 0 Å². The zero-order valence-electron chi connectivity index (χ0n) is 18.3. The quantitative estimate of drug-likeness (QED) is 0.371. The van der Waals surface area contributed by atoms with Gasteiger partial charge in [-0.25, -0.2) is 4.79 Å². The standard InChI is InChI=1S/C25H23ClF3N3O2/c1-17-5-2-7-21(15-17)31-24(34)32(22-8-3-6-19(16-22)25(27,28)29)14-4-13-30-23(33)18-9-11-20(26)12-10-18/h2-3,5-12,15-16H,4,13-14H2,1H3,(H,30,33)(H,31,34). The topological polar surface area (TPSA) is 61.4 Å². The highest BCUT2D eigenvalue weighted by Gasteiger charge is 2.31. The van der Waals surface area contributed by atoms with Crippen LogP contribution >= 0.6 is 11.6 Å². The fourth-order valence-electron chi connectivity index (χ4n) is 3.25. The van der Waals surface area contributed by atoms with E-state index in [9.17, 15) is 22.8 Å². The van der Waals surface area contributed by atoms with Crippen molar-refractivity contribution in [2.75, 3.05) is 23.3 Å². The Hall–Kier alpha value is -3.52. The number of urea groups is 1. The van der Waals surface area contributed by atoms with Gasteiger partial charge in [0.2, 0.25) is 0 Å². The summed E-state index contributed by atoms with van der Waals surface area (Å²) in [6.07, 6.45) is -4.22. The third-order valence-corrected chi connectivity index (χ3v) is 5.20. The van der Waals surface area contributed by atoms with E-state index in [2.05, 4.69) is 10.6 Å². The van der Waals surface area contributed by atoms with Gasteiger partial charge in [0.1, 0.15) is 0 Å². The highest BCUT2D eigenvalue weighted by Crippen LogP contribution is 2.32. The molecular weight excluding hydrogens is 467 g/mol. The van der Waals surface area contributed by atoms with E-state index in [-0.39, 0.29) is 24.7 Å². The predicted octanol–water partition coefficient (Wildman–Crippen LogP) is 6.53.